The lowest BCUT2D eigenvalue weighted by atomic mass is 10.3. The van der Waals surface area contributed by atoms with Gasteiger partial charge in [0.2, 0.25) is 5.95 Å². The maximum Gasteiger partial charge on any atom is 0.201 e. The molecule has 0 aliphatic rings. The first kappa shape index (κ1) is 11.5. The van der Waals surface area contributed by atoms with E-state index in [4.69, 9.17) is 10.5 Å². The second-order valence-corrected chi connectivity index (χ2v) is 4.15. The molecule has 1 aromatic carbocycles. The lowest BCUT2D eigenvalue weighted by Crippen LogP contribution is -2.10. The van der Waals surface area contributed by atoms with Gasteiger partial charge >= 0.3 is 0 Å². The third kappa shape index (κ3) is 2.35. The minimum absolute atomic E-state index is 0.486. The average Bonchev–Trinajstić information content (AvgIpc) is 2.76. The van der Waals surface area contributed by atoms with Crippen molar-refractivity contribution in [1.29, 1.82) is 0 Å². The lowest BCUT2D eigenvalue weighted by molar-refractivity contribution is 0.301. The van der Waals surface area contributed by atoms with Crippen molar-refractivity contribution in [2.45, 2.75) is 6.54 Å². The fourth-order valence-corrected chi connectivity index (χ4v) is 2.01. The van der Waals surface area contributed by atoms with E-state index in [9.17, 15) is 0 Å². The highest BCUT2D eigenvalue weighted by Crippen LogP contribution is 2.16. The number of benzene rings is 1. The number of para-hydroxylation sites is 1. The van der Waals surface area contributed by atoms with Crippen LogP contribution in [-0.2, 0) is 6.54 Å². The van der Waals surface area contributed by atoms with Gasteiger partial charge in [-0.3, -0.25) is 4.98 Å². The van der Waals surface area contributed by atoms with Crippen LogP contribution >= 0.6 is 0 Å². The molecule has 0 aliphatic heterocycles. The summed E-state index contributed by atoms with van der Waals surface area (Å²) in [6.07, 6.45) is 3.44. The molecule has 0 bridgehead atoms. The van der Waals surface area contributed by atoms with Gasteiger partial charge in [-0.1, -0.05) is 18.2 Å². The maximum atomic E-state index is 5.90. The van der Waals surface area contributed by atoms with Gasteiger partial charge in [-0.05, 0) is 18.2 Å². The normalized spacial score (nSPS) is 10.7. The van der Waals surface area contributed by atoms with E-state index in [1.807, 2.05) is 41.0 Å². The van der Waals surface area contributed by atoms with E-state index in [2.05, 4.69) is 9.97 Å². The number of fused-ring (bicyclic) bond motifs is 1. The summed E-state index contributed by atoms with van der Waals surface area (Å²) in [5.74, 6) is 1.34. The van der Waals surface area contributed by atoms with Crippen LogP contribution in [0.4, 0.5) is 5.95 Å². The SMILES string of the molecule is Nc1nc2cnccc2n1CCOc1ccccc1. The summed E-state index contributed by atoms with van der Waals surface area (Å²) in [6.45, 7) is 1.20. The largest absolute Gasteiger partial charge is 0.492 e. The van der Waals surface area contributed by atoms with Gasteiger partial charge in [0.1, 0.15) is 17.9 Å². The highest BCUT2D eigenvalue weighted by Gasteiger charge is 2.07. The molecule has 2 N–H and O–H groups in total. The average molecular weight is 254 g/mol. The second kappa shape index (κ2) is 4.97. The molecular formula is C14H14N4O. The molecule has 3 aromatic rings. The van der Waals surface area contributed by atoms with E-state index >= 15 is 0 Å². The minimum atomic E-state index is 0.486. The smallest absolute Gasteiger partial charge is 0.201 e. The van der Waals surface area contributed by atoms with E-state index in [-0.39, 0.29) is 0 Å². The number of pyridine rings is 1. The fourth-order valence-electron chi connectivity index (χ4n) is 2.01. The van der Waals surface area contributed by atoms with Crippen LogP contribution in [0, 0.1) is 0 Å². The molecule has 2 heterocycles. The zero-order chi connectivity index (χ0) is 13.1. The predicted molar refractivity (Wildman–Crippen MR) is 73.9 cm³/mol. The van der Waals surface area contributed by atoms with Crippen molar-refractivity contribution in [3.63, 3.8) is 0 Å². The summed E-state index contributed by atoms with van der Waals surface area (Å²) in [4.78, 5) is 8.29. The standard InChI is InChI=1S/C14H14N4O/c15-14-17-12-10-16-7-6-13(12)18(14)8-9-19-11-4-2-1-3-5-11/h1-7,10H,8-9H2,(H2,15,17). The molecule has 0 amide bonds. The van der Waals surface area contributed by atoms with E-state index in [0.717, 1.165) is 16.8 Å². The summed E-state index contributed by atoms with van der Waals surface area (Å²) < 4.78 is 7.59. The Hall–Kier alpha value is -2.56. The number of imidazole rings is 1. The summed E-state index contributed by atoms with van der Waals surface area (Å²) >= 11 is 0. The Kier molecular flexibility index (Phi) is 3.02. The molecule has 2 aromatic heterocycles. The Labute approximate surface area is 110 Å². The first-order chi connectivity index (χ1) is 9.34. The first-order valence-electron chi connectivity index (χ1n) is 6.08. The number of nitrogens with two attached hydrogens (primary N) is 1. The molecule has 0 saturated heterocycles. The summed E-state index contributed by atoms with van der Waals surface area (Å²) in [6, 6.07) is 11.6. The number of hydrogen-bond donors (Lipinski definition) is 1. The van der Waals surface area contributed by atoms with E-state index in [0.29, 0.717) is 19.1 Å². The van der Waals surface area contributed by atoms with Crippen molar-refractivity contribution >= 4 is 17.0 Å². The number of nitrogen functional groups attached to an aromatic ring is 1. The fraction of sp³-hybridized carbons (Fsp3) is 0.143. The van der Waals surface area contributed by atoms with Crippen molar-refractivity contribution in [3.05, 3.63) is 48.8 Å². The Morgan fingerprint density at radius 3 is 2.84 bits per heavy atom. The molecule has 0 atom stereocenters. The van der Waals surface area contributed by atoms with Gasteiger partial charge in [0.05, 0.1) is 18.3 Å². The highest BCUT2D eigenvalue weighted by molar-refractivity contribution is 5.76. The third-order valence-electron chi connectivity index (χ3n) is 2.91. The topological polar surface area (TPSA) is 66.0 Å². The molecule has 5 nitrogen and oxygen atoms in total. The van der Waals surface area contributed by atoms with Crippen LogP contribution in [0.15, 0.2) is 48.8 Å². The Morgan fingerprint density at radius 1 is 1.16 bits per heavy atom. The van der Waals surface area contributed by atoms with Crippen molar-refractivity contribution in [2.24, 2.45) is 0 Å². The van der Waals surface area contributed by atoms with Crippen LogP contribution in [0.2, 0.25) is 0 Å². The summed E-state index contributed by atoms with van der Waals surface area (Å²) in [5, 5.41) is 0. The first-order valence-corrected chi connectivity index (χ1v) is 6.08. The molecule has 0 saturated carbocycles. The zero-order valence-corrected chi connectivity index (χ0v) is 10.4. The molecule has 0 fully saturated rings. The molecule has 3 rings (SSSR count). The van der Waals surface area contributed by atoms with Crippen LogP contribution in [-0.4, -0.2) is 21.1 Å². The third-order valence-corrected chi connectivity index (χ3v) is 2.91. The van der Waals surface area contributed by atoms with Crippen molar-refractivity contribution in [1.82, 2.24) is 14.5 Å². The van der Waals surface area contributed by atoms with E-state index < -0.39 is 0 Å². The number of rotatable bonds is 4. The number of anilines is 1. The lowest BCUT2D eigenvalue weighted by Gasteiger charge is -2.08. The van der Waals surface area contributed by atoms with Gasteiger partial charge in [-0.2, -0.15) is 0 Å². The van der Waals surface area contributed by atoms with Crippen LogP contribution < -0.4 is 10.5 Å². The van der Waals surface area contributed by atoms with E-state index in [1.54, 1.807) is 12.4 Å². The van der Waals surface area contributed by atoms with Gasteiger partial charge < -0.3 is 15.0 Å². The highest BCUT2D eigenvalue weighted by atomic mass is 16.5. The molecule has 19 heavy (non-hydrogen) atoms. The predicted octanol–water partition coefficient (Wildman–Crippen LogP) is 2.09. The maximum absolute atomic E-state index is 5.90. The number of nitrogens with zero attached hydrogens (tertiary/aromatic N) is 3. The number of hydrogen-bond acceptors (Lipinski definition) is 4. The van der Waals surface area contributed by atoms with Gasteiger partial charge in [-0.25, -0.2) is 4.98 Å². The Morgan fingerprint density at radius 2 is 2.00 bits per heavy atom. The second-order valence-electron chi connectivity index (χ2n) is 4.15. The van der Waals surface area contributed by atoms with Crippen molar-refractivity contribution < 1.29 is 4.74 Å². The van der Waals surface area contributed by atoms with Crippen LogP contribution in [0.3, 0.4) is 0 Å². The van der Waals surface area contributed by atoms with Gasteiger partial charge in [0.15, 0.2) is 0 Å². The van der Waals surface area contributed by atoms with Crippen molar-refractivity contribution in [3.8, 4) is 5.75 Å². The van der Waals surface area contributed by atoms with Gasteiger partial charge in [0.25, 0.3) is 0 Å². The molecule has 0 unspecified atom stereocenters. The molecule has 0 spiro atoms. The number of aromatic nitrogens is 3. The summed E-state index contributed by atoms with van der Waals surface area (Å²) in [5.41, 5.74) is 7.68. The van der Waals surface area contributed by atoms with Gasteiger partial charge in [-0.15, -0.1) is 0 Å². The van der Waals surface area contributed by atoms with E-state index in [1.165, 1.54) is 0 Å². The van der Waals surface area contributed by atoms with Crippen molar-refractivity contribution in [2.75, 3.05) is 12.3 Å². The monoisotopic (exact) mass is 254 g/mol. The quantitative estimate of drug-likeness (QED) is 0.774. The molecule has 0 aliphatic carbocycles. The Bertz CT molecular complexity index is 678. The van der Waals surface area contributed by atoms with Gasteiger partial charge in [0, 0.05) is 6.20 Å². The summed E-state index contributed by atoms with van der Waals surface area (Å²) in [7, 11) is 0. The van der Waals surface area contributed by atoms with Crippen LogP contribution in [0.25, 0.3) is 11.0 Å². The molecule has 5 heteroatoms. The van der Waals surface area contributed by atoms with Crippen LogP contribution in [0.5, 0.6) is 5.75 Å². The molecule has 96 valence electrons. The minimum Gasteiger partial charge on any atom is -0.492 e. The zero-order valence-electron chi connectivity index (χ0n) is 10.4. The number of ether oxygens (including phenoxy) is 1. The van der Waals surface area contributed by atoms with Crippen LogP contribution in [0.1, 0.15) is 0 Å². The molecule has 0 radical (unpaired) electrons. The Balaban J connectivity index is 1.73. The molecular weight excluding hydrogens is 240 g/mol.